The molecule has 2 rings (SSSR count). The lowest BCUT2D eigenvalue weighted by Gasteiger charge is -2.38. The summed E-state index contributed by atoms with van der Waals surface area (Å²) in [7, 11) is 1.84. The number of nitrogens with one attached hydrogen (secondary N) is 2. The van der Waals surface area contributed by atoms with E-state index in [0.717, 1.165) is 50.8 Å². The van der Waals surface area contributed by atoms with Crippen molar-refractivity contribution in [1.29, 1.82) is 0 Å². The first kappa shape index (κ1) is 12.7. The van der Waals surface area contributed by atoms with Gasteiger partial charge in [-0.1, -0.05) is 6.92 Å². The van der Waals surface area contributed by atoms with E-state index in [9.17, 15) is 0 Å². The van der Waals surface area contributed by atoms with Gasteiger partial charge < -0.3 is 15.4 Å². The molecular formula is C13H25N3O. The zero-order chi connectivity index (χ0) is 12.1. The van der Waals surface area contributed by atoms with E-state index < -0.39 is 0 Å². The van der Waals surface area contributed by atoms with Crippen LogP contribution in [0.15, 0.2) is 4.99 Å². The topological polar surface area (TPSA) is 45.6 Å². The average molecular weight is 239 g/mol. The summed E-state index contributed by atoms with van der Waals surface area (Å²) in [5.41, 5.74) is 0.0220. The lowest BCUT2D eigenvalue weighted by molar-refractivity contribution is -0.0431. The van der Waals surface area contributed by atoms with Crippen LogP contribution in [0.3, 0.4) is 0 Å². The number of guanidine groups is 1. The molecule has 0 unspecified atom stereocenters. The predicted molar refractivity (Wildman–Crippen MR) is 70.3 cm³/mol. The van der Waals surface area contributed by atoms with Crippen LogP contribution in [0.5, 0.6) is 0 Å². The van der Waals surface area contributed by atoms with Crippen LogP contribution in [-0.4, -0.2) is 38.3 Å². The fraction of sp³-hybridized carbons (Fsp3) is 0.923. The van der Waals surface area contributed by atoms with Crippen LogP contribution >= 0.6 is 0 Å². The Morgan fingerprint density at radius 3 is 2.82 bits per heavy atom. The molecule has 0 amide bonds. The quantitative estimate of drug-likeness (QED) is 0.785. The number of rotatable bonds is 3. The van der Waals surface area contributed by atoms with Gasteiger partial charge in [0, 0.05) is 26.7 Å². The van der Waals surface area contributed by atoms with Gasteiger partial charge in [0.1, 0.15) is 0 Å². The van der Waals surface area contributed by atoms with Gasteiger partial charge in [-0.2, -0.15) is 0 Å². The second kappa shape index (κ2) is 5.71. The van der Waals surface area contributed by atoms with Gasteiger partial charge in [0.2, 0.25) is 0 Å². The van der Waals surface area contributed by atoms with Crippen LogP contribution in [0.25, 0.3) is 0 Å². The van der Waals surface area contributed by atoms with E-state index >= 15 is 0 Å². The highest BCUT2D eigenvalue weighted by molar-refractivity contribution is 5.80. The van der Waals surface area contributed by atoms with E-state index in [2.05, 4.69) is 22.5 Å². The van der Waals surface area contributed by atoms with Crippen LogP contribution < -0.4 is 10.6 Å². The SMILES string of the molecule is COC1(CNC2=NCCCN2)CCC(C)CC1. The first-order valence-corrected chi connectivity index (χ1v) is 6.81. The van der Waals surface area contributed by atoms with Crippen molar-refractivity contribution in [3.63, 3.8) is 0 Å². The Bertz CT molecular complexity index is 270. The molecular weight excluding hydrogens is 214 g/mol. The highest BCUT2D eigenvalue weighted by Gasteiger charge is 2.34. The average Bonchev–Trinajstić information content (AvgIpc) is 2.40. The Kier molecular flexibility index (Phi) is 4.26. The maximum absolute atomic E-state index is 5.77. The maximum Gasteiger partial charge on any atom is 0.191 e. The summed E-state index contributed by atoms with van der Waals surface area (Å²) in [5, 5.41) is 6.70. The van der Waals surface area contributed by atoms with Gasteiger partial charge in [-0.3, -0.25) is 4.99 Å². The van der Waals surface area contributed by atoms with Gasteiger partial charge in [0.05, 0.1) is 5.60 Å². The summed E-state index contributed by atoms with van der Waals surface area (Å²) in [5.74, 6) is 1.80. The number of methoxy groups -OCH3 is 1. The molecule has 0 bridgehead atoms. The maximum atomic E-state index is 5.77. The van der Waals surface area contributed by atoms with E-state index in [-0.39, 0.29) is 5.60 Å². The van der Waals surface area contributed by atoms with Gasteiger partial charge in [-0.15, -0.1) is 0 Å². The molecule has 1 aliphatic carbocycles. The first-order chi connectivity index (χ1) is 8.24. The molecule has 1 heterocycles. The molecule has 0 aromatic rings. The number of ether oxygens (including phenoxy) is 1. The number of hydrogen-bond acceptors (Lipinski definition) is 4. The fourth-order valence-corrected chi connectivity index (χ4v) is 2.64. The Morgan fingerprint density at radius 1 is 1.47 bits per heavy atom. The fourth-order valence-electron chi connectivity index (χ4n) is 2.64. The lowest BCUT2D eigenvalue weighted by atomic mass is 9.79. The molecule has 4 heteroatoms. The van der Waals surface area contributed by atoms with Gasteiger partial charge >= 0.3 is 0 Å². The molecule has 1 fully saturated rings. The molecule has 1 saturated carbocycles. The highest BCUT2D eigenvalue weighted by atomic mass is 16.5. The van der Waals surface area contributed by atoms with Crippen molar-refractivity contribution < 1.29 is 4.74 Å². The minimum absolute atomic E-state index is 0.0220. The highest BCUT2D eigenvalue weighted by Crippen LogP contribution is 2.33. The smallest absolute Gasteiger partial charge is 0.191 e. The predicted octanol–water partition coefficient (Wildman–Crippen LogP) is 1.52. The van der Waals surface area contributed by atoms with Crippen LogP contribution in [-0.2, 0) is 4.74 Å². The van der Waals surface area contributed by atoms with Crippen LogP contribution in [0, 0.1) is 5.92 Å². The molecule has 1 aliphatic heterocycles. The van der Waals surface area contributed by atoms with Crippen molar-refractivity contribution in [2.75, 3.05) is 26.7 Å². The second-order valence-corrected chi connectivity index (χ2v) is 5.43. The van der Waals surface area contributed by atoms with Crippen molar-refractivity contribution in [3.05, 3.63) is 0 Å². The number of hydrogen-bond donors (Lipinski definition) is 2. The minimum atomic E-state index is 0.0220. The Morgan fingerprint density at radius 2 is 2.24 bits per heavy atom. The third-order valence-corrected chi connectivity index (χ3v) is 4.09. The summed E-state index contributed by atoms with van der Waals surface area (Å²) >= 11 is 0. The zero-order valence-corrected chi connectivity index (χ0v) is 11.1. The molecule has 2 aliphatic rings. The Labute approximate surface area is 104 Å². The molecule has 0 aromatic heterocycles. The largest absolute Gasteiger partial charge is 0.376 e. The van der Waals surface area contributed by atoms with Gasteiger partial charge in [-0.05, 0) is 38.0 Å². The van der Waals surface area contributed by atoms with Crippen molar-refractivity contribution in [1.82, 2.24) is 10.6 Å². The summed E-state index contributed by atoms with van der Waals surface area (Å²) in [4.78, 5) is 4.43. The van der Waals surface area contributed by atoms with Gasteiger partial charge in [0.25, 0.3) is 0 Å². The van der Waals surface area contributed by atoms with E-state index in [1.807, 2.05) is 7.11 Å². The van der Waals surface area contributed by atoms with Gasteiger partial charge in [-0.25, -0.2) is 0 Å². The standard InChI is InChI=1S/C13H25N3O/c1-11-4-6-13(17-2,7-5-11)10-16-12-14-8-3-9-15-12/h11H,3-10H2,1-2H3,(H2,14,15,16). The van der Waals surface area contributed by atoms with Gasteiger partial charge in [0.15, 0.2) is 5.96 Å². The Balaban J connectivity index is 1.84. The summed E-state index contributed by atoms with van der Waals surface area (Å²) in [6, 6.07) is 0. The van der Waals surface area contributed by atoms with Crippen LogP contribution in [0.2, 0.25) is 0 Å². The van der Waals surface area contributed by atoms with Crippen molar-refractivity contribution in [2.45, 2.75) is 44.6 Å². The molecule has 2 N–H and O–H groups in total. The molecule has 98 valence electrons. The molecule has 17 heavy (non-hydrogen) atoms. The lowest BCUT2D eigenvalue weighted by Crippen LogP contribution is -2.50. The minimum Gasteiger partial charge on any atom is -0.376 e. The molecule has 0 saturated heterocycles. The van der Waals surface area contributed by atoms with E-state index in [0.29, 0.717) is 0 Å². The summed E-state index contributed by atoms with van der Waals surface area (Å²) < 4.78 is 5.77. The summed E-state index contributed by atoms with van der Waals surface area (Å²) in [6.07, 6.45) is 6.00. The van der Waals surface area contributed by atoms with E-state index in [4.69, 9.17) is 4.74 Å². The van der Waals surface area contributed by atoms with Crippen LogP contribution in [0.4, 0.5) is 0 Å². The third kappa shape index (κ3) is 3.35. The Hall–Kier alpha value is -0.770. The number of aliphatic imine (C=N–C) groups is 1. The molecule has 0 spiro atoms. The van der Waals surface area contributed by atoms with E-state index in [1.165, 1.54) is 12.8 Å². The van der Waals surface area contributed by atoms with Crippen LogP contribution in [0.1, 0.15) is 39.0 Å². The third-order valence-electron chi connectivity index (χ3n) is 4.09. The normalized spacial score (nSPS) is 33.8. The summed E-state index contributed by atoms with van der Waals surface area (Å²) in [6.45, 7) is 5.18. The zero-order valence-electron chi connectivity index (χ0n) is 11.1. The van der Waals surface area contributed by atoms with Crippen molar-refractivity contribution in [3.8, 4) is 0 Å². The van der Waals surface area contributed by atoms with Crippen molar-refractivity contribution >= 4 is 5.96 Å². The molecule has 4 nitrogen and oxygen atoms in total. The molecule has 0 radical (unpaired) electrons. The number of nitrogens with zero attached hydrogens (tertiary/aromatic N) is 1. The molecule has 0 aromatic carbocycles. The molecule has 0 atom stereocenters. The monoisotopic (exact) mass is 239 g/mol. The van der Waals surface area contributed by atoms with Crippen molar-refractivity contribution in [2.24, 2.45) is 10.9 Å². The first-order valence-electron chi connectivity index (χ1n) is 6.81. The van der Waals surface area contributed by atoms with E-state index in [1.54, 1.807) is 0 Å². The second-order valence-electron chi connectivity index (χ2n) is 5.43.